The summed E-state index contributed by atoms with van der Waals surface area (Å²) in [5, 5.41) is 9.93. The lowest BCUT2D eigenvalue weighted by Gasteiger charge is -2.32. The highest BCUT2D eigenvalue weighted by molar-refractivity contribution is 6.30. The Kier molecular flexibility index (Phi) is 9.48. The highest BCUT2D eigenvalue weighted by atomic mass is 35.5. The third-order valence-corrected chi connectivity index (χ3v) is 6.98. The molecule has 0 aromatic heterocycles. The second-order valence-electron chi connectivity index (χ2n) is 10.8. The first-order valence-electron chi connectivity index (χ1n) is 13.3. The third-order valence-electron chi connectivity index (χ3n) is 6.73. The number of hydrogen-bond donors (Lipinski definition) is 1. The summed E-state index contributed by atoms with van der Waals surface area (Å²) in [5.41, 5.74) is 2.21. The molecule has 1 atom stereocenters. The number of morpholine rings is 1. The van der Waals surface area contributed by atoms with Gasteiger partial charge in [0.25, 0.3) is 5.91 Å². The first-order chi connectivity index (χ1) is 18.6. The average Bonchev–Trinajstić information content (AvgIpc) is 3.36. The Balaban J connectivity index is 1.57. The first-order valence-corrected chi connectivity index (χ1v) is 13.7. The van der Waals surface area contributed by atoms with Gasteiger partial charge >= 0.3 is 6.03 Å². The molecule has 0 saturated carbocycles. The van der Waals surface area contributed by atoms with E-state index in [9.17, 15) is 9.59 Å². The Labute approximate surface area is 235 Å². The van der Waals surface area contributed by atoms with Gasteiger partial charge in [-0.1, -0.05) is 23.7 Å². The molecule has 2 aromatic rings. The molecule has 2 aromatic carbocycles. The van der Waals surface area contributed by atoms with Crippen LogP contribution in [0.1, 0.15) is 44.4 Å². The summed E-state index contributed by atoms with van der Waals surface area (Å²) < 4.78 is 10.7. The van der Waals surface area contributed by atoms with Gasteiger partial charge in [0.05, 0.1) is 32.1 Å². The first kappa shape index (κ1) is 28.9. The molecule has 4 rings (SSSR count). The van der Waals surface area contributed by atoms with Crippen molar-refractivity contribution in [1.29, 1.82) is 0 Å². The fourth-order valence-corrected chi connectivity index (χ4v) is 4.74. The van der Waals surface area contributed by atoms with E-state index in [0.717, 1.165) is 35.7 Å². The minimum atomic E-state index is -0.434. The quantitative estimate of drug-likeness (QED) is 0.528. The molecule has 3 amide bonds. The number of urea groups is 1. The predicted octanol–water partition coefficient (Wildman–Crippen LogP) is 4.17. The third kappa shape index (κ3) is 7.94. The van der Waals surface area contributed by atoms with Crippen molar-refractivity contribution in [3.05, 3.63) is 64.7 Å². The summed E-state index contributed by atoms with van der Waals surface area (Å²) >= 11 is 6.14. The van der Waals surface area contributed by atoms with Gasteiger partial charge in [-0.05, 0) is 68.3 Å². The molecule has 1 N–H and O–H groups in total. The maximum Gasteiger partial charge on any atom is 0.318 e. The van der Waals surface area contributed by atoms with E-state index < -0.39 is 5.54 Å². The lowest BCUT2D eigenvalue weighted by molar-refractivity contribution is -0.133. The lowest BCUT2D eigenvalue weighted by atomic mass is 9.98. The van der Waals surface area contributed by atoms with Gasteiger partial charge in [-0.25, -0.2) is 9.80 Å². The Hall–Kier alpha value is -3.14. The fourth-order valence-electron chi connectivity index (χ4n) is 4.62. The Morgan fingerprint density at radius 1 is 1.10 bits per heavy atom. The van der Waals surface area contributed by atoms with E-state index in [2.05, 4.69) is 10.2 Å². The number of nitrogens with zero attached hydrogens (tertiary/aromatic N) is 4. The molecule has 2 aliphatic heterocycles. The van der Waals surface area contributed by atoms with Gasteiger partial charge < -0.3 is 19.7 Å². The minimum Gasteiger partial charge on any atom is -0.497 e. The van der Waals surface area contributed by atoms with Crippen molar-refractivity contribution < 1.29 is 19.1 Å². The van der Waals surface area contributed by atoms with Crippen LogP contribution in [0, 0.1) is 0 Å². The minimum absolute atomic E-state index is 0.0876. The van der Waals surface area contributed by atoms with Gasteiger partial charge in [0.2, 0.25) is 0 Å². The maximum atomic E-state index is 13.8. The monoisotopic (exact) mass is 555 g/mol. The van der Waals surface area contributed by atoms with Crippen molar-refractivity contribution in [3.63, 3.8) is 0 Å². The van der Waals surface area contributed by atoms with Crippen LogP contribution >= 0.6 is 11.6 Å². The molecular formula is C29H38ClN5O4. The van der Waals surface area contributed by atoms with E-state index in [0.29, 0.717) is 37.7 Å². The van der Waals surface area contributed by atoms with Crippen LogP contribution in [0.4, 0.5) is 4.79 Å². The number of methoxy groups -OCH3 is 1. The fraction of sp³-hybridized carbons (Fsp3) is 0.483. The van der Waals surface area contributed by atoms with Crippen molar-refractivity contribution in [2.24, 2.45) is 5.10 Å². The van der Waals surface area contributed by atoms with Crippen LogP contribution in [0.3, 0.4) is 0 Å². The van der Waals surface area contributed by atoms with Gasteiger partial charge in [-0.3, -0.25) is 9.69 Å². The number of hydrogen-bond acceptors (Lipinski definition) is 6. The van der Waals surface area contributed by atoms with Crippen LogP contribution in [0.5, 0.6) is 5.75 Å². The van der Waals surface area contributed by atoms with E-state index in [-0.39, 0.29) is 24.5 Å². The molecular weight excluding hydrogens is 518 g/mol. The van der Waals surface area contributed by atoms with Gasteiger partial charge in [-0.15, -0.1) is 0 Å². The number of benzene rings is 2. The molecule has 39 heavy (non-hydrogen) atoms. The molecule has 2 aliphatic rings. The SMILES string of the molecule is COc1ccc(C2=NN(C(=O)CN(CCN3CCOCC3)C(=O)NC(C)(C)C)C(c3ccc(Cl)cc3)C2)cc1. The number of ether oxygens (including phenoxy) is 2. The van der Waals surface area contributed by atoms with Crippen molar-refractivity contribution in [3.8, 4) is 5.75 Å². The van der Waals surface area contributed by atoms with Crippen LogP contribution in [-0.2, 0) is 9.53 Å². The normalized spacial score (nSPS) is 18.0. The van der Waals surface area contributed by atoms with Crippen LogP contribution in [0.15, 0.2) is 53.6 Å². The van der Waals surface area contributed by atoms with Gasteiger partial charge in [0.15, 0.2) is 0 Å². The second kappa shape index (κ2) is 12.8. The van der Waals surface area contributed by atoms with Gasteiger partial charge in [0.1, 0.15) is 12.3 Å². The van der Waals surface area contributed by atoms with Crippen LogP contribution in [-0.4, -0.2) is 91.0 Å². The predicted molar refractivity (Wildman–Crippen MR) is 152 cm³/mol. The summed E-state index contributed by atoms with van der Waals surface area (Å²) in [4.78, 5) is 30.9. The van der Waals surface area contributed by atoms with Crippen LogP contribution in [0.2, 0.25) is 5.02 Å². The molecule has 0 aliphatic carbocycles. The maximum absolute atomic E-state index is 13.8. The smallest absolute Gasteiger partial charge is 0.318 e. The lowest BCUT2D eigenvalue weighted by Crippen LogP contribution is -2.53. The molecule has 9 nitrogen and oxygen atoms in total. The Morgan fingerprint density at radius 2 is 1.77 bits per heavy atom. The zero-order chi connectivity index (χ0) is 28.0. The highest BCUT2D eigenvalue weighted by Crippen LogP contribution is 2.34. The molecule has 1 fully saturated rings. The molecule has 1 saturated heterocycles. The summed E-state index contributed by atoms with van der Waals surface area (Å²) in [7, 11) is 1.62. The molecule has 10 heteroatoms. The van der Waals surface area contributed by atoms with Crippen molar-refractivity contribution >= 4 is 29.3 Å². The average molecular weight is 556 g/mol. The molecule has 1 unspecified atom stereocenters. The number of nitrogens with one attached hydrogen (secondary N) is 1. The van der Waals surface area contributed by atoms with Crippen molar-refractivity contribution in [2.45, 2.75) is 38.8 Å². The number of halogens is 1. The van der Waals surface area contributed by atoms with Crippen LogP contribution < -0.4 is 10.1 Å². The molecule has 0 radical (unpaired) electrons. The molecule has 210 valence electrons. The molecule has 0 bridgehead atoms. The summed E-state index contributed by atoms with van der Waals surface area (Å²) in [6, 6.07) is 14.5. The summed E-state index contributed by atoms with van der Waals surface area (Å²) in [6.07, 6.45) is 0.543. The number of hydrazone groups is 1. The zero-order valence-electron chi connectivity index (χ0n) is 23.2. The number of amides is 3. The van der Waals surface area contributed by atoms with Crippen LogP contribution in [0.25, 0.3) is 0 Å². The van der Waals surface area contributed by atoms with E-state index in [1.54, 1.807) is 12.0 Å². The van der Waals surface area contributed by atoms with Gasteiger partial charge in [0, 0.05) is 43.2 Å². The molecule has 0 spiro atoms. The van der Waals surface area contributed by atoms with E-state index in [1.165, 1.54) is 5.01 Å². The van der Waals surface area contributed by atoms with Crippen molar-refractivity contribution in [1.82, 2.24) is 20.1 Å². The largest absolute Gasteiger partial charge is 0.497 e. The van der Waals surface area contributed by atoms with Crippen molar-refractivity contribution in [2.75, 3.05) is 53.0 Å². The second-order valence-corrected chi connectivity index (χ2v) is 11.3. The number of rotatable bonds is 8. The van der Waals surface area contributed by atoms with E-state index in [4.69, 9.17) is 26.2 Å². The summed E-state index contributed by atoms with van der Waals surface area (Å²) in [5.74, 6) is 0.504. The Morgan fingerprint density at radius 3 is 2.38 bits per heavy atom. The number of carbonyl (C=O) groups excluding carboxylic acids is 2. The standard InChI is InChI=1S/C29H38ClN5O4/c1-29(2,3)31-28(37)34(14-13-33-15-17-39-18-16-33)20-27(36)35-26(22-5-9-23(30)10-6-22)19-25(32-35)21-7-11-24(38-4)12-8-21/h5-12,26H,13-20H2,1-4H3,(H,31,37). The van der Waals surface area contributed by atoms with Gasteiger partial charge in [-0.2, -0.15) is 5.10 Å². The highest BCUT2D eigenvalue weighted by Gasteiger charge is 2.35. The van der Waals surface area contributed by atoms with E-state index in [1.807, 2.05) is 69.3 Å². The zero-order valence-corrected chi connectivity index (χ0v) is 23.9. The topological polar surface area (TPSA) is 86.7 Å². The van der Waals surface area contributed by atoms with E-state index >= 15 is 0 Å². The summed E-state index contributed by atoms with van der Waals surface area (Å²) in [6.45, 7) is 9.73. The Bertz CT molecular complexity index is 1160. The molecule has 2 heterocycles. The number of carbonyl (C=O) groups is 2.